The molecule has 0 aromatic heterocycles. The van der Waals surface area contributed by atoms with Crippen LogP contribution in [0.4, 0.5) is 0 Å². The maximum absolute atomic E-state index is 11.1. The molecular formula is C14H25N3O2. The van der Waals surface area contributed by atoms with Gasteiger partial charge in [0.15, 0.2) is 0 Å². The average molecular weight is 267 g/mol. The first-order chi connectivity index (χ1) is 8.81. The molecule has 0 aliphatic heterocycles. The second kappa shape index (κ2) is 8.48. The van der Waals surface area contributed by atoms with Gasteiger partial charge in [0, 0.05) is 31.7 Å². The summed E-state index contributed by atoms with van der Waals surface area (Å²) in [6.45, 7) is 15.6. The van der Waals surface area contributed by atoms with Crippen LogP contribution in [-0.4, -0.2) is 48.4 Å². The molecule has 0 radical (unpaired) electrons. The predicted octanol–water partition coefficient (Wildman–Crippen LogP) is 0.691. The zero-order chi connectivity index (χ0) is 14.9. The number of hydrogen-bond acceptors (Lipinski definition) is 3. The van der Waals surface area contributed by atoms with E-state index in [-0.39, 0.29) is 17.4 Å². The molecule has 0 aliphatic rings. The third kappa shape index (κ3) is 8.15. The molecular weight excluding hydrogens is 242 g/mol. The van der Waals surface area contributed by atoms with Gasteiger partial charge < -0.3 is 10.6 Å². The van der Waals surface area contributed by atoms with Gasteiger partial charge in [-0.2, -0.15) is 0 Å². The summed E-state index contributed by atoms with van der Waals surface area (Å²) >= 11 is 0. The van der Waals surface area contributed by atoms with E-state index in [1.165, 1.54) is 12.2 Å². The molecule has 0 fully saturated rings. The zero-order valence-corrected chi connectivity index (χ0v) is 12.2. The van der Waals surface area contributed by atoms with E-state index >= 15 is 0 Å². The summed E-state index contributed by atoms with van der Waals surface area (Å²) in [4.78, 5) is 24.3. The molecule has 0 aromatic rings. The Hall–Kier alpha value is -1.62. The molecule has 0 atom stereocenters. The number of rotatable bonds is 8. The van der Waals surface area contributed by atoms with E-state index in [2.05, 4.69) is 49.5 Å². The summed E-state index contributed by atoms with van der Waals surface area (Å²) in [7, 11) is 0. The summed E-state index contributed by atoms with van der Waals surface area (Å²) in [5, 5.41) is 5.49. The molecule has 0 unspecified atom stereocenters. The van der Waals surface area contributed by atoms with Crippen molar-refractivity contribution in [3.8, 4) is 0 Å². The van der Waals surface area contributed by atoms with Crippen molar-refractivity contribution >= 4 is 11.8 Å². The molecule has 0 aliphatic carbocycles. The molecule has 0 spiro atoms. The number of amides is 2. The quantitative estimate of drug-likeness (QED) is 0.636. The molecule has 108 valence electrons. The Kier molecular flexibility index (Phi) is 7.75. The van der Waals surface area contributed by atoms with Crippen molar-refractivity contribution in [2.75, 3.05) is 26.2 Å². The summed E-state index contributed by atoms with van der Waals surface area (Å²) in [6.07, 6.45) is 2.51. The first-order valence-corrected chi connectivity index (χ1v) is 6.37. The summed E-state index contributed by atoms with van der Waals surface area (Å²) in [5.41, 5.74) is -0.0299. The molecule has 2 N–H and O–H groups in total. The van der Waals surface area contributed by atoms with Gasteiger partial charge in [-0.3, -0.25) is 14.5 Å². The van der Waals surface area contributed by atoms with E-state index in [1.54, 1.807) is 0 Å². The minimum Gasteiger partial charge on any atom is -0.351 e. The minimum absolute atomic E-state index is 0.0299. The fourth-order valence-electron chi connectivity index (χ4n) is 1.56. The second-order valence-electron chi connectivity index (χ2n) is 5.15. The average Bonchev–Trinajstić information content (AvgIpc) is 2.34. The summed E-state index contributed by atoms with van der Waals surface area (Å²) in [6, 6.07) is 0. The van der Waals surface area contributed by atoms with Crippen LogP contribution in [0, 0.1) is 0 Å². The minimum atomic E-state index is -0.172. The van der Waals surface area contributed by atoms with Crippen LogP contribution in [0.15, 0.2) is 25.3 Å². The number of carbonyl (C=O) groups is 2. The van der Waals surface area contributed by atoms with Crippen LogP contribution >= 0.6 is 0 Å². The lowest BCUT2D eigenvalue weighted by Crippen LogP contribution is -2.48. The van der Waals surface area contributed by atoms with E-state index < -0.39 is 0 Å². The lowest BCUT2D eigenvalue weighted by atomic mass is 10.1. The molecule has 0 rings (SSSR count). The normalized spacial score (nSPS) is 10.9. The van der Waals surface area contributed by atoms with Crippen molar-refractivity contribution in [2.24, 2.45) is 0 Å². The van der Waals surface area contributed by atoms with Gasteiger partial charge in [-0.15, -0.1) is 0 Å². The maximum atomic E-state index is 11.1. The van der Waals surface area contributed by atoms with Crippen molar-refractivity contribution in [1.82, 2.24) is 15.5 Å². The Morgan fingerprint density at radius 1 is 1.00 bits per heavy atom. The van der Waals surface area contributed by atoms with Crippen LogP contribution in [0.2, 0.25) is 0 Å². The van der Waals surface area contributed by atoms with Gasteiger partial charge in [-0.05, 0) is 32.9 Å². The molecule has 5 nitrogen and oxygen atoms in total. The van der Waals surface area contributed by atoms with Crippen molar-refractivity contribution in [3.05, 3.63) is 25.3 Å². The van der Waals surface area contributed by atoms with Gasteiger partial charge >= 0.3 is 0 Å². The number of nitrogens with one attached hydrogen (secondary N) is 2. The summed E-state index contributed by atoms with van der Waals surface area (Å²) in [5.74, 6) is -0.345. The highest BCUT2D eigenvalue weighted by Gasteiger charge is 2.20. The molecule has 2 amide bonds. The molecule has 0 saturated carbocycles. The third-order valence-corrected chi connectivity index (χ3v) is 2.68. The predicted molar refractivity (Wildman–Crippen MR) is 77.7 cm³/mol. The van der Waals surface area contributed by atoms with Gasteiger partial charge in [-0.25, -0.2) is 0 Å². The van der Waals surface area contributed by atoms with Crippen molar-refractivity contribution in [2.45, 2.75) is 26.3 Å². The SMILES string of the molecule is C=CC(=O)NCCN(CCNC(=O)C=C)C(C)(C)C. The lowest BCUT2D eigenvalue weighted by Gasteiger charge is -2.35. The standard InChI is InChI=1S/C14H25N3O2/c1-6-12(18)15-8-10-17(14(3,4)5)11-9-16-13(19)7-2/h6-7H,1-2,8-11H2,3-5H3,(H,15,18)(H,16,19). The largest absolute Gasteiger partial charge is 0.351 e. The smallest absolute Gasteiger partial charge is 0.243 e. The second-order valence-corrected chi connectivity index (χ2v) is 5.15. The Morgan fingerprint density at radius 2 is 1.37 bits per heavy atom. The highest BCUT2D eigenvalue weighted by Crippen LogP contribution is 2.11. The maximum Gasteiger partial charge on any atom is 0.243 e. The van der Waals surface area contributed by atoms with Crippen LogP contribution < -0.4 is 10.6 Å². The van der Waals surface area contributed by atoms with Gasteiger partial charge in [-0.1, -0.05) is 13.2 Å². The van der Waals surface area contributed by atoms with Gasteiger partial charge in [0.25, 0.3) is 0 Å². The van der Waals surface area contributed by atoms with E-state index in [1.807, 2.05) is 0 Å². The van der Waals surface area contributed by atoms with Crippen LogP contribution in [0.25, 0.3) is 0 Å². The number of nitrogens with zero attached hydrogens (tertiary/aromatic N) is 1. The van der Waals surface area contributed by atoms with Crippen LogP contribution in [0.3, 0.4) is 0 Å². The van der Waals surface area contributed by atoms with Gasteiger partial charge in [0.05, 0.1) is 0 Å². The highest BCUT2D eigenvalue weighted by atomic mass is 16.2. The van der Waals surface area contributed by atoms with Crippen molar-refractivity contribution in [3.63, 3.8) is 0 Å². The van der Waals surface area contributed by atoms with Gasteiger partial charge in [0.2, 0.25) is 11.8 Å². The fourth-order valence-corrected chi connectivity index (χ4v) is 1.56. The Bertz CT molecular complexity index is 306. The molecule has 0 saturated heterocycles. The van der Waals surface area contributed by atoms with Gasteiger partial charge in [0.1, 0.15) is 0 Å². The molecule has 0 aromatic carbocycles. The van der Waals surface area contributed by atoms with E-state index in [0.717, 1.165) is 0 Å². The topological polar surface area (TPSA) is 61.4 Å². The molecule has 19 heavy (non-hydrogen) atoms. The number of hydrogen-bond donors (Lipinski definition) is 2. The first kappa shape index (κ1) is 17.4. The molecule has 0 heterocycles. The monoisotopic (exact) mass is 267 g/mol. The van der Waals surface area contributed by atoms with Crippen LogP contribution in [-0.2, 0) is 9.59 Å². The Balaban J connectivity index is 4.17. The van der Waals surface area contributed by atoms with E-state index in [9.17, 15) is 9.59 Å². The Morgan fingerprint density at radius 3 is 1.63 bits per heavy atom. The van der Waals surface area contributed by atoms with Crippen LogP contribution in [0.5, 0.6) is 0 Å². The molecule has 5 heteroatoms. The van der Waals surface area contributed by atoms with E-state index in [0.29, 0.717) is 26.2 Å². The van der Waals surface area contributed by atoms with Crippen LogP contribution in [0.1, 0.15) is 20.8 Å². The lowest BCUT2D eigenvalue weighted by molar-refractivity contribution is -0.117. The summed E-state index contributed by atoms with van der Waals surface area (Å²) < 4.78 is 0. The number of carbonyl (C=O) groups excluding carboxylic acids is 2. The highest BCUT2D eigenvalue weighted by molar-refractivity contribution is 5.87. The van der Waals surface area contributed by atoms with E-state index in [4.69, 9.17) is 0 Å². The first-order valence-electron chi connectivity index (χ1n) is 6.37. The third-order valence-electron chi connectivity index (χ3n) is 2.68. The fraction of sp³-hybridized carbons (Fsp3) is 0.571. The van der Waals surface area contributed by atoms with Crippen molar-refractivity contribution in [1.29, 1.82) is 0 Å². The molecule has 0 bridgehead atoms. The zero-order valence-electron chi connectivity index (χ0n) is 12.2. The van der Waals surface area contributed by atoms with Crippen molar-refractivity contribution < 1.29 is 9.59 Å². The Labute approximate surface area is 115 Å².